The number of esters is 1. The van der Waals surface area contributed by atoms with Crippen LogP contribution in [-0.2, 0) is 20.8 Å². The van der Waals surface area contributed by atoms with Crippen molar-refractivity contribution in [2.24, 2.45) is 0 Å². The van der Waals surface area contributed by atoms with Crippen LogP contribution in [0.25, 0.3) is 0 Å². The van der Waals surface area contributed by atoms with Crippen LogP contribution in [0, 0.1) is 0 Å². The van der Waals surface area contributed by atoms with Gasteiger partial charge < -0.3 is 18.8 Å². The molecule has 1 amide bonds. The highest BCUT2D eigenvalue weighted by Crippen LogP contribution is 2.09. The second kappa shape index (κ2) is 9.94. The van der Waals surface area contributed by atoms with Crippen molar-refractivity contribution in [3.05, 3.63) is 17.8 Å². The van der Waals surface area contributed by atoms with E-state index >= 15 is 0 Å². The van der Waals surface area contributed by atoms with Gasteiger partial charge in [0.15, 0.2) is 5.69 Å². The maximum absolute atomic E-state index is 12.1. The van der Waals surface area contributed by atoms with E-state index in [-0.39, 0.29) is 18.1 Å². The van der Waals surface area contributed by atoms with Crippen molar-refractivity contribution in [3.63, 3.8) is 0 Å². The second-order valence-electron chi connectivity index (χ2n) is 4.73. The molecule has 0 saturated heterocycles. The number of hydrogen-bond acceptors (Lipinski definition) is 6. The Morgan fingerprint density at radius 3 is 2.77 bits per heavy atom. The molecule has 0 unspecified atom stereocenters. The van der Waals surface area contributed by atoms with E-state index in [1.54, 1.807) is 4.90 Å². The lowest BCUT2D eigenvalue weighted by Gasteiger charge is -2.21. The zero-order valence-electron chi connectivity index (χ0n) is 13.5. The van der Waals surface area contributed by atoms with Crippen LogP contribution in [0.2, 0.25) is 0 Å². The highest BCUT2D eigenvalue weighted by molar-refractivity contribution is 5.86. The van der Waals surface area contributed by atoms with Crippen LogP contribution in [0.5, 0.6) is 0 Å². The van der Waals surface area contributed by atoms with Crippen molar-refractivity contribution >= 4 is 11.9 Å². The number of aromatic nitrogens is 1. The average Bonchev–Trinajstić information content (AvgIpc) is 2.98. The summed E-state index contributed by atoms with van der Waals surface area (Å²) in [5, 5.41) is 0. The van der Waals surface area contributed by atoms with Gasteiger partial charge >= 0.3 is 5.97 Å². The molecule has 1 heterocycles. The first-order valence-corrected chi connectivity index (χ1v) is 7.50. The van der Waals surface area contributed by atoms with Crippen molar-refractivity contribution < 1.29 is 23.5 Å². The van der Waals surface area contributed by atoms with Gasteiger partial charge in [-0.1, -0.05) is 6.92 Å². The molecule has 0 bridgehead atoms. The third kappa shape index (κ3) is 5.85. The van der Waals surface area contributed by atoms with E-state index in [2.05, 4.69) is 9.72 Å². The van der Waals surface area contributed by atoms with Gasteiger partial charge in [0.05, 0.1) is 13.7 Å². The summed E-state index contributed by atoms with van der Waals surface area (Å²) >= 11 is 0. The second-order valence-corrected chi connectivity index (χ2v) is 4.73. The van der Waals surface area contributed by atoms with Gasteiger partial charge in [0, 0.05) is 26.2 Å². The lowest BCUT2D eigenvalue weighted by molar-refractivity contribution is -0.132. The van der Waals surface area contributed by atoms with E-state index in [0.29, 0.717) is 32.1 Å². The van der Waals surface area contributed by atoms with E-state index in [1.807, 2.05) is 13.8 Å². The number of carbonyl (C=O) groups is 2. The zero-order valence-corrected chi connectivity index (χ0v) is 13.5. The summed E-state index contributed by atoms with van der Waals surface area (Å²) in [5.41, 5.74) is 0.106. The Kier molecular flexibility index (Phi) is 8.21. The van der Waals surface area contributed by atoms with Crippen molar-refractivity contribution in [1.82, 2.24) is 9.88 Å². The summed E-state index contributed by atoms with van der Waals surface area (Å²) in [6.07, 6.45) is 3.23. The molecule has 0 aromatic carbocycles. The van der Waals surface area contributed by atoms with Gasteiger partial charge in [-0.2, -0.15) is 0 Å². The predicted molar refractivity (Wildman–Crippen MR) is 79.3 cm³/mol. The number of methoxy groups -OCH3 is 1. The Labute approximate surface area is 130 Å². The molecule has 0 atom stereocenters. The molecule has 0 aliphatic rings. The Hall–Kier alpha value is -1.89. The third-order valence-electron chi connectivity index (χ3n) is 3.01. The topological polar surface area (TPSA) is 81.9 Å². The van der Waals surface area contributed by atoms with Crippen LogP contribution >= 0.6 is 0 Å². The number of ether oxygens (including phenoxy) is 2. The minimum absolute atomic E-state index is 0.0387. The molecule has 0 radical (unpaired) electrons. The SMILES string of the molecule is CCCC(=O)N(CCCOCC)Cc1nc(C(=O)OC)co1. The first kappa shape index (κ1) is 18.2. The molecule has 0 N–H and O–H groups in total. The van der Waals surface area contributed by atoms with Crippen LogP contribution < -0.4 is 0 Å². The summed E-state index contributed by atoms with van der Waals surface area (Å²) in [4.78, 5) is 29.2. The fraction of sp³-hybridized carbons (Fsp3) is 0.667. The minimum Gasteiger partial charge on any atom is -0.464 e. The molecular formula is C15H24N2O5. The maximum Gasteiger partial charge on any atom is 0.360 e. The van der Waals surface area contributed by atoms with Gasteiger partial charge in [-0.3, -0.25) is 4.79 Å². The lowest BCUT2D eigenvalue weighted by atomic mass is 10.2. The number of rotatable bonds is 10. The molecule has 0 aliphatic carbocycles. The molecule has 124 valence electrons. The van der Waals surface area contributed by atoms with E-state index < -0.39 is 5.97 Å². The van der Waals surface area contributed by atoms with E-state index in [9.17, 15) is 9.59 Å². The van der Waals surface area contributed by atoms with Crippen LogP contribution in [0.4, 0.5) is 0 Å². The Morgan fingerprint density at radius 1 is 1.36 bits per heavy atom. The fourth-order valence-electron chi connectivity index (χ4n) is 1.91. The number of carbonyl (C=O) groups excluding carboxylic acids is 2. The monoisotopic (exact) mass is 312 g/mol. The molecule has 1 aromatic heterocycles. The standard InChI is InChI=1S/C15H24N2O5/c1-4-7-14(18)17(8-6-9-21-5-2)10-13-16-12(11-22-13)15(19)20-3/h11H,4-10H2,1-3H3. The maximum atomic E-state index is 12.1. The van der Waals surface area contributed by atoms with E-state index in [4.69, 9.17) is 9.15 Å². The number of nitrogens with zero attached hydrogens (tertiary/aromatic N) is 2. The third-order valence-corrected chi connectivity index (χ3v) is 3.01. The molecule has 0 spiro atoms. The van der Waals surface area contributed by atoms with E-state index in [1.165, 1.54) is 13.4 Å². The Balaban J connectivity index is 2.64. The molecule has 1 rings (SSSR count). The largest absolute Gasteiger partial charge is 0.464 e. The number of hydrogen-bond donors (Lipinski definition) is 0. The van der Waals surface area contributed by atoms with Gasteiger partial charge in [-0.05, 0) is 19.8 Å². The summed E-state index contributed by atoms with van der Waals surface area (Å²) in [5.74, 6) is -0.198. The van der Waals surface area contributed by atoms with Crippen molar-refractivity contribution in [2.45, 2.75) is 39.7 Å². The summed E-state index contributed by atoms with van der Waals surface area (Å²) in [6, 6.07) is 0. The molecule has 0 aliphatic heterocycles. The quantitative estimate of drug-likeness (QED) is 0.485. The Morgan fingerprint density at radius 2 is 2.14 bits per heavy atom. The molecule has 0 fully saturated rings. The number of amides is 1. The summed E-state index contributed by atoms with van der Waals surface area (Å²) in [6.45, 7) is 5.95. The van der Waals surface area contributed by atoms with Gasteiger partial charge in [-0.15, -0.1) is 0 Å². The van der Waals surface area contributed by atoms with Gasteiger partial charge in [0.1, 0.15) is 6.26 Å². The van der Waals surface area contributed by atoms with Crippen molar-refractivity contribution in [2.75, 3.05) is 26.9 Å². The van der Waals surface area contributed by atoms with Crippen LogP contribution in [0.1, 0.15) is 49.5 Å². The molecule has 1 aromatic rings. The normalized spacial score (nSPS) is 10.5. The van der Waals surface area contributed by atoms with Gasteiger partial charge in [0.25, 0.3) is 0 Å². The molecule has 7 heteroatoms. The van der Waals surface area contributed by atoms with Crippen molar-refractivity contribution in [3.8, 4) is 0 Å². The van der Waals surface area contributed by atoms with Gasteiger partial charge in [-0.25, -0.2) is 9.78 Å². The lowest BCUT2D eigenvalue weighted by Crippen LogP contribution is -2.32. The summed E-state index contributed by atoms with van der Waals surface area (Å²) in [7, 11) is 1.28. The molecule has 22 heavy (non-hydrogen) atoms. The summed E-state index contributed by atoms with van der Waals surface area (Å²) < 4.78 is 15.1. The van der Waals surface area contributed by atoms with Crippen molar-refractivity contribution in [1.29, 1.82) is 0 Å². The molecule has 7 nitrogen and oxygen atoms in total. The van der Waals surface area contributed by atoms with Crippen LogP contribution in [0.3, 0.4) is 0 Å². The zero-order chi connectivity index (χ0) is 16.4. The minimum atomic E-state index is -0.558. The highest BCUT2D eigenvalue weighted by atomic mass is 16.5. The first-order valence-electron chi connectivity index (χ1n) is 7.50. The predicted octanol–water partition coefficient (Wildman–Crippen LogP) is 2.02. The molecular weight excluding hydrogens is 288 g/mol. The van der Waals surface area contributed by atoms with E-state index in [0.717, 1.165) is 12.8 Å². The average molecular weight is 312 g/mol. The van der Waals surface area contributed by atoms with Crippen LogP contribution in [0.15, 0.2) is 10.7 Å². The fourth-order valence-corrected chi connectivity index (χ4v) is 1.91. The first-order chi connectivity index (χ1) is 10.6. The Bertz CT molecular complexity index is 472. The highest BCUT2D eigenvalue weighted by Gasteiger charge is 2.18. The smallest absolute Gasteiger partial charge is 0.360 e. The molecule has 0 saturated carbocycles. The van der Waals surface area contributed by atoms with Crippen LogP contribution in [-0.4, -0.2) is 48.6 Å². The van der Waals surface area contributed by atoms with Gasteiger partial charge in [0.2, 0.25) is 11.8 Å². The number of oxazole rings is 1.